The van der Waals surface area contributed by atoms with Gasteiger partial charge < -0.3 is 9.47 Å². The van der Waals surface area contributed by atoms with Crippen LogP contribution in [0.3, 0.4) is 0 Å². The highest BCUT2D eigenvalue weighted by molar-refractivity contribution is 5.76. The number of imidazole rings is 1. The molecule has 1 aliphatic rings. The Bertz CT molecular complexity index is 692. The predicted molar refractivity (Wildman–Crippen MR) is 85.2 cm³/mol. The summed E-state index contributed by atoms with van der Waals surface area (Å²) >= 11 is 0. The van der Waals surface area contributed by atoms with E-state index in [1.165, 1.54) is 0 Å². The molecular weight excluding hydrogens is 276 g/mol. The van der Waals surface area contributed by atoms with Gasteiger partial charge in [-0.2, -0.15) is 0 Å². The maximum absolute atomic E-state index is 12.1. The maximum atomic E-state index is 12.1. The van der Waals surface area contributed by atoms with Crippen LogP contribution in [0.5, 0.6) is 0 Å². The van der Waals surface area contributed by atoms with Gasteiger partial charge in [-0.25, -0.2) is 9.97 Å². The second-order valence-electron chi connectivity index (χ2n) is 5.80. The number of likely N-dealkylation sites (tertiary alicyclic amines) is 1. The lowest BCUT2D eigenvalue weighted by Crippen LogP contribution is -2.30. The lowest BCUT2D eigenvalue weighted by molar-refractivity contribution is -0.131. The van der Waals surface area contributed by atoms with Crippen LogP contribution in [0.25, 0.3) is 11.4 Å². The van der Waals surface area contributed by atoms with E-state index < -0.39 is 0 Å². The van der Waals surface area contributed by atoms with Gasteiger partial charge in [0.15, 0.2) is 0 Å². The first kappa shape index (κ1) is 14.8. The number of aryl methyl sites for hydroxylation is 1. The predicted octanol–water partition coefficient (Wildman–Crippen LogP) is 2.86. The first-order valence-corrected chi connectivity index (χ1v) is 7.87. The molecular formula is C17H22N4O. The number of hydrogen-bond donors (Lipinski definition) is 0. The third-order valence-corrected chi connectivity index (χ3v) is 4.47. The smallest absolute Gasteiger partial charge is 0.222 e. The van der Waals surface area contributed by atoms with E-state index >= 15 is 0 Å². The topological polar surface area (TPSA) is 51.0 Å². The molecule has 0 unspecified atom stereocenters. The molecule has 0 bridgehead atoms. The Kier molecular flexibility index (Phi) is 3.96. The molecule has 1 saturated heterocycles. The van der Waals surface area contributed by atoms with Crippen LogP contribution in [0.1, 0.15) is 43.7 Å². The van der Waals surface area contributed by atoms with Crippen LogP contribution in [-0.4, -0.2) is 31.9 Å². The lowest BCUT2D eigenvalue weighted by atomic mass is 10.1. The third kappa shape index (κ3) is 2.51. The number of aromatic nitrogens is 3. The Labute approximate surface area is 131 Å². The molecule has 5 heteroatoms. The highest BCUT2D eigenvalue weighted by atomic mass is 16.2. The van der Waals surface area contributed by atoms with E-state index in [0.29, 0.717) is 6.42 Å². The molecule has 1 atom stereocenters. The van der Waals surface area contributed by atoms with Crippen molar-refractivity contribution in [1.29, 1.82) is 0 Å². The number of nitrogens with zero attached hydrogens (tertiary/aromatic N) is 4. The minimum atomic E-state index is 0.113. The molecule has 116 valence electrons. The van der Waals surface area contributed by atoms with Crippen molar-refractivity contribution in [3.8, 4) is 11.4 Å². The summed E-state index contributed by atoms with van der Waals surface area (Å²) in [4.78, 5) is 23.2. The van der Waals surface area contributed by atoms with Gasteiger partial charge in [0.25, 0.3) is 0 Å². The van der Waals surface area contributed by atoms with Crippen LogP contribution >= 0.6 is 0 Å². The van der Waals surface area contributed by atoms with E-state index in [-0.39, 0.29) is 11.9 Å². The maximum Gasteiger partial charge on any atom is 0.222 e. The van der Waals surface area contributed by atoms with E-state index in [2.05, 4.69) is 4.98 Å². The molecule has 0 aliphatic carbocycles. The summed E-state index contributed by atoms with van der Waals surface area (Å²) in [7, 11) is 1.99. The van der Waals surface area contributed by atoms with Gasteiger partial charge in [-0.3, -0.25) is 4.79 Å². The van der Waals surface area contributed by atoms with E-state index in [9.17, 15) is 4.79 Å². The van der Waals surface area contributed by atoms with Gasteiger partial charge in [0.05, 0.1) is 29.3 Å². The van der Waals surface area contributed by atoms with Crippen molar-refractivity contribution < 1.29 is 4.79 Å². The van der Waals surface area contributed by atoms with E-state index in [1.807, 2.05) is 54.8 Å². The van der Waals surface area contributed by atoms with Crippen molar-refractivity contribution in [2.24, 2.45) is 7.05 Å². The summed E-state index contributed by atoms with van der Waals surface area (Å²) in [5, 5.41) is 0. The third-order valence-electron chi connectivity index (χ3n) is 4.47. The van der Waals surface area contributed by atoms with Gasteiger partial charge in [-0.1, -0.05) is 13.0 Å². The number of pyridine rings is 1. The molecule has 1 aliphatic heterocycles. The molecule has 2 aromatic heterocycles. The summed E-state index contributed by atoms with van der Waals surface area (Å²) in [6, 6.07) is 6.16. The quantitative estimate of drug-likeness (QED) is 0.875. The molecule has 1 amide bonds. The fourth-order valence-electron chi connectivity index (χ4n) is 3.10. The van der Waals surface area contributed by atoms with E-state index in [0.717, 1.165) is 42.3 Å². The summed E-state index contributed by atoms with van der Waals surface area (Å²) in [6.07, 6.45) is 4.45. The molecule has 0 saturated carbocycles. The fourth-order valence-corrected chi connectivity index (χ4v) is 3.10. The first-order valence-electron chi connectivity index (χ1n) is 7.87. The van der Waals surface area contributed by atoms with Crippen LogP contribution in [-0.2, 0) is 11.8 Å². The molecule has 0 aromatic carbocycles. The first-order chi connectivity index (χ1) is 10.6. The zero-order valence-corrected chi connectivity index (χ0v) is 13.4. The van der Waals surface area contributed by atoms with E-state index in [1.54, 1.807) is 0 Å². The second-order valence-corrected chi connectivity index (χ2v) is 5.80. The van der Waals surface area contributed by atoms with Crippen LogP contribution in [0.4, 0.5) is 0 Å². The number of carbonyl (C=O) groups excluding carboxylic acids is 1. The Morgan fingerprint density at radius 2 is 2.23 bits per heavy atom. The zero-order chi connectivity index (χ0) is 15.7. The molecule has 3 heterocycles. The number of rotatable bonds is 3. The normalized spacial score (nSPS) is 18.0. The summed E-state index contributed by atoms with van der Waals surface area (Å²) in [5.74, 6) is 1.18. The van der Waals surface area contributed by atoms with Crippen molar-refractivity contribution in [3.63, 3.8) is 0 Å². The molecule has 0 N–H and O–H groups in total. The van der Waals surface area contributed by atoms with Crippen molar-refractivity contribution in [2.75, 3.05) is 6.54 Å². The fraction of sp³-hybridized carbons (Fsp3) is 0.471. The summed E-state index contributed by atoms with van der Waals surface area (Å²) < 4.78 is 2.04. The Hall–Kier alpha value is -2.17. The Morgan fingerprint density at radius 3 is 2.91 bits per heavy atom. The minimum Gasteiger partial charge on any atom is -0.334 e. The second kappa shape index (κ2) is 5.91. The van der Waals surface area contributed by atoms with E-state index in [4.69, 9.17) is 4.98 Å². The monoisotopic (exact) mass is 298 g/mol. The van der Waals surface area contributed by atoms with Gasteiger partial charge in [0.1, 0.15) is 5.82 Å². The highest BCUT2D eigenvalue weighted by Gasteiger charge is 2.30. The van der Waals surface area contributed by atoms with Crippen LogP contribution in [0.15, 0.2) is 24.4 Å². The molecule has 0 spiro atoms. The molecule has 5 nitrogen and oxygen atoms in total. The Morgan fingerprint density at radius 1 is 1.41 bits per heavy atom. The van der Waals surface area contributed by atoms with Crippen LogP contribution < -0.4 is 0 Å². The number of amides is 1. The lowest BCUT2D eigenvalue weighted by Gasteiger charge is -2.24. The van der Waals surface area contributed by atoms with Gasteiger partial charge in [-0.15, -0.1) is 0 Å². The van der Waals surface area contributed by atoms with Crippen LogP contribution in [0, 0.1) is 6.92 Å². The number of carbonyl (C=O) groups is 1. The van der Waals surface area contributed by atoms with Crippen molar-refractivity contribution in [1.82, 2.24) is 19.4 Å². The van der Waals surface area contributed by atoms with Crippen molar-refractivity contribution >= 4 is 5.91 Å². The largest absolute Gasteiger partial charge is 0.334 e. The zero-order valence-electron chi connectivity index (χ0n) is 13.4. The van der Waals surface area contributed by atoms with Gasteiger partial charge in [0, 0.05) is 20.0 Å². The Balaban J connectivity index is 1.94. The molecule has 1 fully saturated rings. The average molecular weight is 298 g/mol. The highest BCUT2D eigenvalue weighted by Crippen LogP contribution is 2.32. The summed E-state index contributed by atoms with van der Waals surface area (Å²) in [6.45, 7) is 4.74. The summed E-state index contributed by atoms with van der Waals surface area (Å²) in [5.41, 5.74) is 2.90. The number of hydrogen-bond acceptors (Lipinski definition) is 3. The molecule has 2 aromatic rings. The van der Waals surface area contributed by atoms with Crippen molar-refractivity contribution in [3.05, 3.63) is 35.9 Å². The van der Waals surface area contributed by atoms with Gasteiger partial charge >= 0.3 is 0 Å². The average Bonchev–Trinajstić information content (AvgIpc) is 3.15. The SMILES string of the molecule is CCC(=O)N1CCC[C@H]1c1cccc(-c2cnc(C)n2C)n1. The standard InChI is InChI=1S/C17H22N4O/c1-4-17(22)21-10-6-9-15(21)13-7-5-8-14(19-13)16-11-18-12(2)20(16)3/h5,7-8,11,15H,4,6,9-10H2,1-3H3/t15-/m0/s1. The van der Waals surface area contributed by atoms with Gasteiger partial charge in [-0.05, 0) is 31.9 Å². The van der Waals surface area contributed by atoms with Crippen molar-refractivity contribution in [2.45, 2.75) is 39.2 Å². The molecule has 0 radical (unpaired) electrons. The molecule has 3 rings (SSSR count). The van der Waals surface area contributed by atoms with Crippen LogP contribution in [0.2, 0.25) is 0 Å². The van der Waals surface area contributed by atoms with Gasteiger partial charge in [0.2, 0.25) is 5.91 Å². The molecule has 22 heavy (non-hydrogen) atoms. The minimum absolute atomic E-state index is 0.113.